The zero-order chi connectivity index (χ0) is 14.7. The van der Waals surface area contributed by atoms with Gasteiger partial charge in [0, 0.05) is 32.4 Å². The van der Waals surface area contributed by atoms with Gasteiger partial charge in [0.15, 0.2) is 11.5 Å². The summed E-state index contributed by atoms with van der Waals surface area (Å²) in [5.74, 6) is 0.742. The van der Waals surface area contributed by atoms with Crippen LogP contribution in [0.5, 0.6) is 0 Å². The van der Waals surface area contributed by atoms with Crippen LogP contribution in [-0.4, -0.2) is 63.2 Å². The molecular formula is C14H20N6O. The predicted molar refractivity (Wildman–Crippen MR) is 78.9 cm³/mol. The Morgan fingerprint density at radius 2 is 2.05 bits per heavy atom. The van der Waals surface area contributed by atoms with E-state index in [4.69, 9.17) is 0 Å². The summed E-state index contributed by atoms with van der Waals surface area (Å²) in [4.78, 5) is 16.4. The molecule has 7 nitrogen and oxygen atoms in total. The van der Waals surface area contributed by atoms with Crippen molar-refractivity contribution >= 4 is 11.7 Å². The summed E-state index contributed by atoms with van der Waals surface area (Å²) in [5.41, 5.74) is 0.790. The Bertz CT molecular complexity index is 617. The number of rotatable bonds is 3. The van der Waals surface area contributed by atoms with E-state index < -0.39 is 0 Å². The van der Waals surface area contributed by atoms with Crippen LogP contribution in [0.4, 0.5) is 4.79 Å². The number of carbonyl (C=O) groups excluding carboxylic acids is 1. The molecule has 0 atom stereocenters. The van der Waals surface area contributed by atoms with Crippen molar-refractivity contribution in [1.82, 2.24) is 29.7 Å². The molecule has 21 heavy (non-hydrogen) atoms. The molecule has 1 aliphatic rings. The molecule has 112 valence electrons. The largest absolute Gasteiger partial charge is 0.331 e. The Morgan fingerprint density at radius 3 is 2.81 bits per heavy atom. The fourth-order valence-corrected chi connectivity index (χ4v) is 2.55. The van der Waals surface area contributed by atoms with Gasteiger partial charge in [-0.1, -0.05) is 13.0 Å². The van der Waals surface area contributed by atoms with Crippen LogP contribution in [0, 0.1) is 0 Å². The molecule has 0 radical (unpaired) electrons. The summed E-state index contributed by atoms with van der Waals surface area (Å²) in [6.07, 6.45) is 1.90. The molecule has 0 saturated carbocycles. The second-order valence-corrected chi connectivity index (χ2v) is 5.13. The SMILES string of the molecule is CCN1CCN(C(=O)NCc2nnc3ccccn23)CC1. The highest BCUT2D eigenvalue weighted by Crippen LogP contribution is 2.04. The maximum atomic E-state index is 12.2. The number of carbonyl (C=O) groups is 1. The molecule has 0 aromatic carbocycles. The predicted octanol–water partition coefficient (Wildman–Crippen LogP) is 0.576. The standard InChI is InChI=1S/C14H20N6O/c1-2-18-7-9-19(10-8-18)14(21)15-11-13-17-16-12-5-3-4-6-20(12)13/h3-6H,2,7-11H2,1H3,(H,15,21). The fourth-order valence-electron chi connectivity index (χ4n) is 2.55. The summed E-state index contributed by atoms with van der Waals surface area (Å²) < 4.78 is 1.88. The second kappa shape index (κ2) is 6.09. The number of nitrogens with zero attached hydrogens (tertiary/aromatic N) is 5. The van der Waals surface area contributed by atoms with Crippen molar-refractivity contribution in [2.24, 2.45) is 0 Å². The Kier molecular flexibility index (Phi) is 4.01. The third kappa shape index (κ3) is 2.97. The topological polar surface area (TPSA) is 65.8 Å². The van der Waals surface area contributed by atoms with Crippen molar-refractivity contribution in [2.75, 3.05) is 32.7 Å². The van der Waals surface area contributed by atoms with Gasteiger partial charge in [-0.05, 0) is 18.7 Å². The second-order valence-electron chi connectivity index (χ2n) is 5.13. The maximum absolute atomic E-state index is 12.2. The Morgan fingerprint density at radius 1 is 1.24 bits per heavy atom. The highest BCUT2D eigenvalue weighted by molar-refractivity contribution is 5.74. The van der Waals surface area contributed by atoms with Gasteiger partial charge in [-0.2, -0.15) is 0 Å². The van der Waals surface area contributed by atoms with Crippen molar-refractivity contribution in [1.29, 1.82) is 0 Å². The van der Waals surface area contributed by atoms with Crippen LogP contribution in [0.25, 0.3) is 5.65 Å². The maximum Gasteiger partial charge on any atom is 0.317 e. The van der Waals surface area contributed by atoms with E-state index in [1.54, 1.807) is 0 Å². The Hall–Kier alpha value is -2.15. The summed E-state index contributed by atoms with van der Waals surface area (Å²) in [5, 5.41) is 11.1. The normalized spacial score (nSPS) is 16.3. The van der Waals surface area contributed by atoms with Gasteiger partial charge < -0.3 is 15.1 Å². The molecule has 3 rings (SSSR count). The lowest BCUT2D eigenvalue weighted by molar-refractivity contribution is 0.142. The molecule has 1 fully saturated rings. The zero-order valence-corrected chi connectivity index (χ0v) is 12.2. The summed E-state index contributed by atoms with van der Waals surface area (Å²) in [7, 11) is 0. The van der Waals surface area contributed by atoms with E-state index in [-0.39, 0.29) is 6.03 Å². The van der Waals surface area contributed by atoms with Gasteiger partial charge >= 0.3 is 6.03 Å². The van der Waals surface area contributed by atoms with E-state index in [0.29, 0.717) is 6.54 Å². The molecule has 0 aliphatic carbocycles. The van der Waals surface area contributed by atoms with Crippen LogP contribution >= 0.6 is 0 Å². The summed E-state index contributed by atoms with van der Waals surface area (Å²) >= 11 is 0. The highest BCUT2D eigenvalue weighted by Gasteiger charge is 2.20. The van der Waals surface area contributed by atoms with E-state index in [2.05, 4.69) is 27.3 Å². The number of fused-ring (bicyclic) bond motifs is 1. The van der Waals surface area contributed by atoms with Gasteiger partial charge in [0.05, 0.1) is 6.54 Å². The zero-order valence-electron chi connectivity index (χ0n) is 12.2. The molecule has 1 saturated heterocycles. The number of aromatic nitrogens is 3. The van der Waals surface area contributed by atoms with E-state index >= 15 is 0 Å². The lowest BCUT2D eigenvalue weighted by Crippen LogP contribution is -2.51. The molecule has 3 heterocycles. The first-order chi connectivity index (χ1) is 10.3. The van der Waals surface area contributed by atoms with Gasteiger partial charge in [0.2, 0.25) is 0 Å². The minimum Gasteiger partial charge on any atom is -0.331 e. The van der Waals surface area contributed by atoms with Crippen LogP contribution in [0.15, 0.2) is 24.4 Å². The number of amides is 2. The monoisotopic (exact) mass is 288 g/mol. The molecule has 2 aromatic rings. The number of hydrogen-bond acceptors (Lipinski definition) is 4. The van der Waals surface area contributed by atoms with Gasteiger partial charge in [0.25, 0.3) is 0 Å². The lowest BCUT2D eigenvalue weighted by Gasteiger charge is -2.33. The minimum absolute atomic E-state index is 0.0292. The minimum atomic E-state index is -0.0292. The number of urea groups is 1. The first-order valence-corrected chi connectivity index (χ1v) is 7.31. The van der Waals surface area contributed by atoms with Crippen LogP contribution < -0.4 is 5.32 Å². The van der Waals surface area contributed by atoms with Crippen molar-refractivity contribution in [3.8, 4) is 0 Å². The molecule has 0 unspecified atom stereocenters. The molecule has 7 heteroatoms. The van der Waals surface area contributed by atoms with Crippen molar-refractivity contribution < 1.29 is 4.79 Å². The van der Waals surface area contributed by atoms with E-state index in [1.807, 2.05) is 33.7 Å². The third-order valence-electron chi connectivity index (χ3n) is 3.89. The van der Waals surface area contributed by atoms with E-state index in [9.17, 15) is 4.79 Å². The average molecular weight is 288 g/mol. The van der Waals surface area contributed by atoms with Crippen molar-refractivity contribution in [3.63, 3.8) is 0 Å². The van der Waals surface area contributed by atoms with Crippen LogP contribution in [0.2, 0.25) is 0 Å². The highest BCUT2D eigenvalue weighted by atomic mass is 16.2. The first-order valence-electron chi connectivity index (χ1n) is 7.31. The van der Waals surface area contributed by atoms with Gasteiger partial charge in [-0.3, -0.25) is 4.40 Å². The molecular weight excluding hydrogens is 268 g/mol. The lowest BCUT2D eigenvalue weighted by atomic mass is 10.3. The van der Waals surface area contributed by atoms with Crippen LogP contribution in [-0.2, 0) is 6.54 Å². The molecule has 2 aromatic heterocycles. The average Bonchev–Trinajstić information content (AvgIpc) is 2.96. The Balaban J connectivity index is 1.56. The number of piperazine rings is 1. The van der Waals surface area contributed by atoms with Crippen LogP contribution in [0.1, 0.15) is 12.7 Å². The molecule has 1 N–H and O–H groups in total. The number of nitrogens with one attached hydrogen (secondary N) is 1. The molecule has 1 aliphatic heterocycles. The molecule has 0 bridgehead atoms. The van der Waals surface area contributed by atoms with Gasteiger partial charge in [-0.15, -0.1) is 10.2 Å². The summed E-state index contributed by atoms with van der Waals surface area (Å²) in [6, 6.07) is 5.70. The van der Waals surface area contributed by atoms with E-state index in [0.717, 1.165) is 44.2 Å². The number of hydrogen-bond donors (Lipinski definition) is 1. The van der Waals surface area contributed by atoms with Crippen molar-refractivity contribution in [2.45, 2.75) is 13.5 Å². The Labute approximate surface area is 123 Å². The number of likely N-dealkylation sites (N-methyl/N-ethyl adjacent to an activating group) is 1. The van der Waals surface area contributed by atoms with Gasteiger partial charge in [0.1, 0.15) is 0 Å². The summed E-state index contributed by atoms with van der Waals surface area (Å²) in [6.45, 7) is 7.02. The molecule has 2 amide bonds. The number of pyridine rings is 1. The van der Waals surface area contributed by atoms with E-state index in [1.165, 1.54) is 0 Å². The van der Waals surface area contributed by atoms with Gasteiger partial charge in [-0.25, -0.2) is 4.79 Å². The quantitative estimate of drug-likeness (QED) is 0.897. The van der Waals surface area contributed by atoms with Crippen LogP contribution in [0.3, 0.4) is 0 Å². The first kappa shape index (κ1) is 13.8. The smallest absolute Gasteiger partial charge is 0.317 e. The fraction of sp³-hybridized carbons (Fsp3) is 0.500. The van der Waals surface area contributed by atoms with Crippen molar-refractivity contribution in [3.05, 3.63) is 30.2 Å². The third-order valence-corrected chi connectivity index (χ3v) is 3.89. The molecule has 0 spiro atoms.